The molecule has 0 aliphatic carbocycles. The second kappa shape index (κ2) is 6.27. The molecule has 1 atom stereocenters. The highest BCUT2D eigenvalue weighted by atomic mass is 35.5. The Kier molecular flexibility index (Phi) is 4.66. The zero-order chi connectivity index (χ0) is 14.6. The molecule has 0 saturated carbocycles. The van der Waals surface area contributed by atoms with E-state index in [2.05, 4.69) is 6.58 Å². The van der Waals surface area contributed by atoms with E-state index in [0.717, 1.165) is 0 Å². The summed E-state index contributed by atoms with van der Waals surface area (Å²) in [6.45, 7) is 3.80. The minimum absolute atomic E-state index is 0.274. The third-order valence-electron chi connectivity index (χ3n) is 2.71. The Balaban J connectivity index is 2.24. The Morgan fingerprint density at radius 3 is 2.25 bits per heavy atom. The van der Waals surface area contributed by atoms with Gasteiger partial charge in [-0.05, 0) is 36.4 Å². The van der Waals surface area contributed by atoms with E-state index in [0.29, 0.717) is 15.9 Å². The molecule has 0 saturated heterocycles. The Hall–Kier alpha value is -1.54. The maximum absolute atomic E-state index is 12.7. The molecule has 2 aromatic carbocycles. The van der Waals surface area contributed by atoms with Crippen molar-refractivity contribution in [2.24, 2.45) is 0 Å². The molecule has 1 unspecified atom stereocenters. The quantitative estimate of drug-likeness (QED) is 0.603. The largest absolute Gasteiger partial charge is 0.421 e. The number of halogens is 1. The zero-order valence-corrected chi connectivity index (χ0v) is 12.6. The first-order chi connectivity index (χ1) is 9.55. The second-order valence-corrected chi connectivity index (χ2v) is 6.53. The maximum atomic E-state index is 12.7. The Bertz CT molecular complexity index is 638. The Labute approximate surface area is 123 Å². The average molecular weight is 309 g/mol. The summed E-state index contributed by atoms with van der Waals surface area (Å²) in [5.41, 5.74) is 0.697. The summed E-state index contributed by atoms with van der Waals surface area (Å²) in [7, 11) is -2.07. The number of benzene rings is 2. The van der Waals surface area contributed by atoms with E-state index in [1.807, 2.05) is 6.07 Å². The van der Waals surface area contributed by atoms with Crippen molar-refractivity contribution in [2.75, 3.05) is 7.11 Å². The first-order valence-corrected chi connectivity index (χ1v) is 7.83. The van der Waals surface area contributed by atoms with E-state index in [-0.39, 0.29) is 5.76 Å². The van der Waals surface area contributed by atoms with Gasteiger partial charge < -0.3 is 4.52 Å². The van der Waals surface area contributed by atoms with Crippen molar-refractivity contribution in [1.29, 1.82) is 0 Å². The van der Waals surface area contributed by atoms with Gasteiger partial charge in [0.25, 0.3) is 0 Å². The molecule has 104 valence electrons. The van der Waals surface area contributed by atoms with Crippen molar-refractivity contribution in [3.8, 4) is 0 Å². The monoisotopic (exact) mass is 308 g/mol. The van der Waals surface area contributed by atoms with Gasteiger partial charge in [0.2, 0.25) is 0 Å². The molecular formula is C15H14ClO3P. The molecular weight excluding hydrogens is 295 g/mol. The molecule has 5 heteroatoms. The van der Waals surface area contributed by atoms with E-state index in [4.69, 9.17) is 20.6 Å². The van der Waals surface area contributed by atoms with Gasteiger partial charge in [0, 0.05) is 17.7 Å². The van der Waals surface area contributed by atoms with Crippen LogP contribution in [0.1, 0.15) is 5.56 Å². The van der Waals surface area contributed by atoms with Crippen LogP contribution in [0, 0.1) is 0 Å². The van der Waals surface area contributed by atoms with E-state index >= 15 is 0 Å². The normalized spacial score (nSPS) is 13.5. The fourth-order valence-electron chi connectivity index (χ4n) is 1.64. The van der Waals surface area contributed by atoms with Crippen LogP contribution in [0.25, 0.3) is 5.76 Å². The van der Waals surface area contributed by atoms with Gasteiger partial charge in [-0.2, -0.15) is 0 Å². The fraction of sp³-hybridized carbons (Fsp3) is 0.0667. The second-order valence-electron chi connectivity index (χ2n) is 4.04. The molecule has 0 radical (unpaired) electrons. The van der Waals surface area contributed by atoms with Crippen molar-refractivity contribution in [3.63, 3.8) is 0 Å². The predicted octanol–water partition coefficient (Wildman–Crippen LogP) is 4.49. The summed E-state index contributed by atoms with van der Waals surface area (Å²) >= 11 is 5.82. The summed E-state index contributed by atoms with van der Waals surface area (Å²) < 4.78 is 23.3. The van der Waals surface area contributed by atoms with Crippen molar-refractivity contribution in [3.05, 3.63) is 71.8 Å². The van der Waals surface area contributed by atoms with E-state index in [1.165, 1.54) is 7.11 Å². The highest BCUT2D eigenvalue weighted by molar-refractivity contribution is 7.62. The summed E-state index contributed by atoms with van der Waals surface area (Å²) in [6.07, 6.45) is 0. The van der Waals surface area contributed by atoms with E-state index in [1.54, 1.807) is 48.5 Å². The van der Waals surface area contributed by atoms with Gasteiger partial charge in [0.15, 0.2) is 0 Å². The third kappa shape index (κ3) is 3.31. The lowest BCUT2D eigenvalue weighted by Crippen LogP contribution is -2.08. The van der Waals surface area contributed by atoms with Gasteiger partial charge in [-0.25, -0.2) is 4.57 Å². The summed E-state index contributed by atoms with van der Waals surface area (Å²) in [4.78, 5) is 0. The van der Waals surface area contributed by atoms with Gasteiger partial charge in [-0.3, -0.25) is 4.52 Å². The molecule has 0 fully saturated rings. The van der Waals surface area contributed by atoms with Crippen molar-refractivity contribution in [2.45, 2.75) is 0 Å². The molecule has 0 aliphatic heterocycles. The number of rotatable bonds is 5. The minimum atomic E-state index is -3.42. The van der Waals surface area contributed by atoms with Crippen molar-refractivity contribution < 1.29 is 13.6 Å². The first kappa shape index (κ1) is 14.9. The molecule has 0 aromatic heterocycles. The van der Waals surface area contributed by atoms with Crippen molar-refractivity contribution >= 4 is 30.3 Å². The van der Waals surface area contributed by atoms with Gasteiger partial charge >= 0.3 is 7.60 Å². The maximum Gasteiger partial charge on any atom is 0.410 e. The molecule has 0 aliphatic rings. The first-order valence-electron chi connectivity index (χ1n) is 5.91. The summed E-state index contributed by atoms with van der Waals surface area (Å²) in [5, 5.41) is 1.09. The molecule has 20 heavy (non-hydrogen) atoms. The Morgan fingerprint density at radius 2 is 1.70 bits per heavy atom. The topological polar surface area (TPSA) is 35.5 Å². The highest BCUT2D eigenvalue weighted by Crippen LogP contribution is 2.49. The third-order valence-corrected chi connectivity index (χ3v) is 4.83. The van der Waals surface area contributed by atoms with Crippen LogP contribution in [-0.4, -0.2) is 7.11 Å². The highest BCUT2D eigenvalue weighted by Gasteiger charge is 2.28. The van der Waals surface area contributed by atoms with Crippen molar-refractivity contribution in [1.82, 2.24) is 0 Å². The van der Waals surface area contributed by atoms with Crippen LogP contribution in [0.2, 0.25) is 5.02 Å². The standard InChI is InChI=1S/C15H14ClO3P/c1-12(13-8-10-14(16)11-9-13)19-20(17,18-2)15-6-4-3-5-7-15/h3-11H,1H2,2H3. The van der Waals surface area contributed by atoms with Crippen LogP contribution in [0.15, 0.2) is 61.2 Å². The minimum Gasteiger partial charge on any atom is -0.421 e. The molecule has 0 bridgehead atoms. The number of hydrogen-bond acceptors (Lipinski definition) is 3. The predicted molar refractivity (Wildman–Crippen MR) is 82.3 cm³/mol. The van der Waals surface area contributed by atoms with Crippen LogP contribution in [0.3, 0.4) is 0 Å². The summed E-state index contributed by atoms with van der Waals surface area (Å²) in [5.74, 6) is 0.274. The molecule has 0 spiro atoms. The fourth-order valence-corrected chi connectivity index (χ4v) is 3.09. The lowest BCUT2D eigenvalue weighted by atomic mass is 10.2. The van der Waals surface area contributed by atoms with E-state index in [9.17, 15) is 4.57 Å². The zero-order valence-electron chi connectivity index (χ0n) is 11.0. The van der Waals surface area contributed by atoms with Crippen LogP contribution in [-0.2, 0) is 13.6 Å². The molecule has 2 aromatic rings. The smallest absolute Gasteiger partial charge is 0.410 e. The molecule has 0 N–H and O–H groups in total. The summed E-state index contributed by atoms with van der Waals surface area (Å²) in [6, 6.07) is 15.7. The molecule has 0 amide bonds. The lowest BCUT2D eigenvalue weighted by Gasteiger charge is -2.19. The average Bonchev–Trinajstić information content (AvgIpc) is 2.48. The van der Waals surface area contributed by atoms with Crippen LogP contribution < -0.4 is 5.30 Å². The SMILES string of the molecule is C=C(OP(=O)(OC)c1ccccc1)c1ccc(Cl)cc1. The Morgan fingerprint density at radius 1 is 1.10 bits per heavy atom. The number of hydrogen-bond donors (Lipinski definition) is 0. The van der Waals surface area contributed by atoms with Crippen LogP contribution in [0.5, 0.6) is 0 Å². The van der Waals surface area contributed by atoms with Gasteiger partial charge in [-0.15, -0.1) is 0 Å². The molecule has 0 heterocycles. The van der Waals surface area contributed by atoms with E-state index < -0.39 is 7.60 Å². The van der Waals surface area contributed by atoms with Crippen LogP contribution in [0.4, 0.5) is 0 Å². The van der Waals surface area contributed by atoms with Gasteiger partial charge in [0.1, 0.15) is 5.76 Å². The van der Waals surface area contributed by atoms with Gasteiger partial charge in [0.05, 0.1) is 5.30 Å². The van der Waals surface area contributed by atoms with Gasteiger partial charge in [-0.1, -0.05) is 36.4 Å². The molecule has 2 rings (SSSR count). The molecule has 3 nitrogen and oxygen atoms in total. The lowest BCUT2D eigenvalue weighted by molar-refractivity contribution is 0.321. The van der Waals surface area contributed by atoms with Crippen LogP contribution >= 0.6 is 19.2 Å².